The van der Waals surface area contributed by atoms with Crippen molar-refractivity contribution >= 4 is 145 Å². The molecule has 1 amide bonds. The zero-order chi connectivity index (χ0) is 103. The number of carbonyl (C=O) groups is 3. The first kappa shape index (κ1) is 155. The van der Waals surface area contributed by atoms with E-state index in [2.05, 4.69) is 240 Å². The van der Waals surface area contributed by atoms with E-state index >= 15 is 0 Å². The van der Waals surface area contributed by atoms with Crippen molar-refractivity contribution in [3.8, 4) is 207 Å². The molecule has 0 saturated carbocycles. The van der Waals surface area contributed by atoms with E-state index in [1.807, 2.05) is 47.7 Å². The Morgan fingerprint density at radius 3 is 0.744 bits per heavy atom. The third-order valence-electron chi connectivity index (χ3n) is 10.4. The molecule has 0 fully saturated rings. The Morgan fingerprint density at radius 1 is 0.429 bits per heavy atom. The summed E-state index contributed by atoms with van der Waals surface area (Å²) >= 11 is 22.0. The van der Waals surface area contributed by atoms with Gasteiger partial charge < -0.3 is 102 Å². The van der Waals surface area contributed by atoms with Gasteiger partial charge in [-0.15, -0.1) is 18.0 Å². The molecule has 0 N–H and O–H groups in total. The Kier molecular flexibility index (Phi) is 127. The molecule has 0 heterocycles. The summed E-state index contributed by atoms with van der Waals surface area (Å²) in [4.78, 5) is 51.4. The third kappa shape index (κ3) is 92.9. The predicted octanol–water partition coefficient (Wildman–Crippen LogP) is 8.88. The van der Waals surface area contributed by atoms with E-state index in [9.17, 15) is 41.8 Å². The first-order valence-corrected chi connectivity index (χ1v) is 51.4. The van der Waals surface area contributed by atoms with Crippen LogP contribution in [0.4, 0.5) is 0 Å². The van der Waals surface area contributed by atoms with E-state index in [4.69, 9.17) is 118 Å². The zero-order valence-electron chi connectivity index (χ0n) is 79.3. The molecule has 0 unspecified atom stereocenters. The fourth-order valence-electron chi connectivity index (χ4n) is 7.10. The topological polar surface area (TPSA) is 359 Å². The molecule has 0 aromatic carbocycles. The van der Waals surface area contributed by atoms with Gasteiger partial charge in [-0.25, -0.2) is 9.06 Å². The van der Waals surface area contributed by atoms with Gasteiger partial charge >= 0.3 is 165 Å². The molecule has 32 nitrogen and oxygen atoms in total. The van der Waals surface area contributed by atoms with Crippen molar-refractivity contribution in [1.29, 1.82) is 0 Å². The van der Waals surface area contributed by atoms with Gasteiger partial charge in [-0.05, 0) is 266 Å². The van der Waals surface area contributed by atoms with Crippen LogP contribution in [0.1, 0.15) is 111 Å². The van der Waals surface area contributed by atoms with Crippen LogP contribution in [0.3, 0.4) is 0 Å². The number of hydrogen-bond acceptors (Lipinski definition) is 28. The summed E-state index contributed by atoms with van der Waals surface area (Å²) in [5.74, 6) is 78.6. The third-order valence-corrected chi connectivity index (χ3v) is 31.8. The SMILES string of the molecule is C#CC#CC#CC#CC#CC#CC#CC#CC#CBr.CCCl.CCOP(=O)(OCC)C(N(C)C)P(=O)(OCC)OCC.CCOP(=O)(OCC)C(N(C)C)P(=O)(OCC)OCC.CCOP(OCC)OCC.CN(C)C=O.C[N+](C)=CCl.O=C(Cl)C(=O)Cl.O=C=O.[Br-].[C+]#CC#CC#CC#CC#CC#CC#CC#CC#C[N+](C)(C)C(P(=O)(OCC)OCC)P(=O)(OCC)OCC.[C-]#[O+].[Cl-]. The Labute approximate surface area is 838 Å². The number of nitrogens with zero attached hydrogens (tertiary/aromatic N) is 5. The van der Waals surface area contributed by atoms with Gasteiger partial charge in [0.1, 0.15) is 14.1 Å². The van der Waals surface area contributed by atoms with Crippen LogP contribution in [0.5, 0.6) is 0 Å². The number of quaternary nitrogens is 1. The van der Waals surface area contributed by atoms with Crippen molar-refractivity contribution in [2.24, 2.45) is 0 Å². The second-order valence-electron chi connectivity index (χ2n) is 21.5. The van der Waals surface area contributed by atoms with E-state index in [1.54, 1.807) is 144 Å². The number of halogens is 7. The van der Waals surface area contributed by atoms with Gasteiger partial charge in [0.15, 0.2) is 6.04 Å². The minimum atomic E-state index is -4.01. The van der Waals surface area contributed by atoms with Gasteiger partial charge in [0.05, 0.1) is 119 Å². The van der Waals surface area contributed by atoms with Crippen molar-refractivity contribution in [1.82, 2.24) is 14.7 Å². The van der Waals surface area contributed by atoms with Gasteiger partial charge in [-0.3, -0.25) is 51.6 Å². The molecule has 0 aliphatic rings. The summed E-state index contributed by atoms with van der Waals surface area (Å²) < 4.78 is 168. The van der Waals surface area contributed by atoms with Gasteiger partial charge in [0, 0.05) is 53.7 Å². The second-order valence-corrected chi connectivity index (χ2v) is 38.3. The number of amides is 1. The number of terminal acetylenes is 1. The summed E-state index contributed by atoms with van der Waals surface area (Å²) in [5, 5.41) is -2.28. The molecule has 0 radical (unpaired) electrons. The predicted molar refractivity (Wildman–Crippen MR) is 518 cm³/mol. The first-order chi connectivity index (χ1) is 62.1. The number of hydrogen-bond donors (Lipinski definition) is 0. The van der Waals surface area contributed by atoms with Crippen LogP contribution in [0.2, 0.25) is 0 Å². The smallest absolute Gasteiger partial charge is 1.00 e. The summed E-state index contributed by atoms with van der Waals surface area (Å²) in [5.41, 5.74) is -2.08. The van der Waals surface area contributed by atoms with Crippen LogP contribution in [0.25, 0.3) is 0 Å². The standard InChI is InChI=1S/C29H27NO6P2.C18HBr.2C11H27NO6P2.C6H15O3P.C3H7ClN.C3H7NO.C2Cl2O2.C2H5Cl.CO2.CO.BrH.ClH/c1-8-13-14-15-16-17-18-19-20-21-22-23-24-25-26-27-28-30(6,7)29(37(31,33-9-2)34-10-3)38(32,35-11-4)36-12-5;1-2-3-4-5-6-7-8-9-10-11-12-13-14-15-16-17-18-19;2*1-7-15-19(13,16-8-2)11(12(5)6)20(14,17-9-3)18-10-4;1-4-7-10(8-5-2)9-6-3;1-5(2)3-4;1-4(2)3-5;3-1(5)2(4)6;1-2-3;2-1-3;1-2;;/h29H,9-12H2,2-7H3;1H;2*11H,7-10H2,1-6H3;4-6H2,1-3H3;2*3H,1-2H3;;2H2,1H3;;;2*1H/q+2;;;;;+1;;;;;;;/p-2. The molecule has 0 aromatic rings. The fourth-order valence-corrected chi connectivity index (χ4v) is 24.8. The van der Waals surface area contributed by atoms with Crippen LogP contribution in [-0.2, 0) is 124 Å². The van der Waals surface area contributed by atoms with Crippen LogP contribution >= 0.6 is 117 Å². The van der Waals surface area contributed by atoms with Crippen LogP contribution in [0.15, 0.2) is 0 Å². The van der Waals surface area contributed by atoms with Gasteiger partial charge in [-0.1, -0.05) is 6.92 Å². The number of rotatable bonds is 41. The fraction of sp³-hybridized carbons (Fsp3) is 0.517. The van der Waals surface area contributed by atoms with E-state index in [1.165, 1.54) is 20.4 Å². The summed E-state index contributed by atoms with van der Waals surface area (Å²) in [6, 6.07) is 2.83. The molecule has 734 valence electrons. The number of carbonyl (C=O) groups excluding carboxylic acids is 5. The molecule has 0 spiro atoms. The Hall–Kier alpha value is -6.60. The average Bonchev–Trinajstić information content (AvgIpc) is 0.769. The molecule has 0 saturated heterocycles. The number of alkyl halides is 1. The van der Waals surface area contributed by atoms with Crippen LogP contribution < -0.4 is 29.4 Å². The van der Waals surface area contributed by atoms with Crippen molar-refractivity contribution in [2.45, 2.75) is 127 Å². The molecule has 46 heteroatoms. The van der Waals surface area contributed by atoms with Crippen LogP contribution in [-0.4, -0.2) is 245 Å². The minimum absolute atomic E-state index is 0. The summed E-state index contributed by atoms with van der Waals surface area (Å²) in [6.07, 6.45) is 12.5. The van der Waals surface area contributed by atoms with E-state index in [0.29, 0.717) is 19.8 Å². The molecule has 0 atom stereocenters. The van der Waals surface area contributed by atoms with Crippen molar-refractivity contribution in [3.63, 3.8) is 0 Å². The Morgan fingerprint density at radius 2 is 0.602 bits per heavy atom. The Balaban J connectivity index is -0.000000120. The maximum Gasteiger partial charge on any atom is -1.00 e. The minimum Gasteiger partial charge on any atom is -1.00 e. The largest absolute Gasteiger partial charge is 1.00 e. The molecule has 0 aliphatic heterocycles. The van der Waals surface area contributed by atoms with E-state index in [-0.39, 0.29) is 115 Å². The van der Waals surface area contributed by atoms with Crippen molar-refractivity contribution in [3.05, 3.63) is 13.1 Å². The average molecular weight is 2220 g/mol. The zero-order valence-corrected chi connectivity index (χ0v) is 92.5. The summed E-state index contributed by atoms with van der Waals surface area (Å²) in [6.45, 7) is 36.0. The molecular formula is C87H116Br2Cl5N5O27P7+. The molecule has 0 rings (SSSR count). The van der Waals surface area contributed by atoms with Crippen molar-refractivity contribution < 1.29 is 162 Å². The van der Waals surface area contributed by atoms with E-state index in [0.717, 1.165) is 12.3 Å². The maximum absolute atomic E-state index is 13.8. The monoisotopic (exact) mass is 2210 g/mol. The second kappa shape index (κ2) is 109. The van der Waals surface area contributed by atoms with Crippen LogP contribution in [0, 0.1) is 220 Å². The van der Waals surface area contributed by atoms with Gasteiger partial charge in [0.2, 0.25) is 23.1 Å². The van der Waals surface area contributed by atoms with Gasteiger partial charge in [0.25, 0.3) is 0 Å². The summed E-state index contributed by atoms with van der Waals surface area (Å²) in [7, 11) is -6.85. The Bertz CT molecular complexity index is 4690. The quantitative estimate of drug-likeness (QED) is 0.00471. The molecule has 0 aliphatic carbocycles. The molecular weight excluding hydrogens is 2100 g/mol. The molecule has 133 heavy (non-hydrogen) atoms. The normalized spacial score (nSPS) is 9.17. The van der Waals surface area contributed by atoms with Crippen molar-refractivity contribution in [2.75, 3.05) is 175 Å². The maximum atomic E-state index is 13.8. The molecule has 0 bridgehead atoms. The first-order valence-electron chi connectivity index (χ1n) is 38.1. The van der Waals surface area contributed by atoms with Gasteiger partial charge in [-0.2, -0.15) is 9.59 Å². The van der Waals surface area contributed by atoms with E-state index < -0.39 is 85.7 Å². The molecule has 0 aromatic heterocycles.